The Hall–Kier alpha value is -2.99. The Bertz CT molecular complexity index is 1300. The molecule has 1 amide bonds. The smallest absolute Gasteiger partial charge is 0.263 e. The van der Waals surface area contributed by atoms with Crippen LogP contribution in [-0.4, -0.2) is 75.0 Å². The van der Waals surface area contributed by atoms with E-state index in [1.165, 1.54) is 29.0 Å². The van der Waals surface area contributed by atoms with E-state index in [0.717, 1.165) is 44.9 Å². The first-order chi connectivity index (χ1) is 17.4. The lowest BCUT2D eigenvalue weighted by molar-refractivity contribution is -0.122. The Morgan fingerprint density at radius 1 is 1.11 bits per heavy atom. The monoisotopic (exact) mass is 531 g/mol. The van der Waals surface area contributed by atoms with Crippen molar-refractivity contribution in [2.24, 2.45) is 0 Å². The molecule has 5 rings (SSSR count). The van der Waals surface area contributed by atoms with Gasteiger partial charge in [-0.1, -0.05) is 12.1 Å². The van der Waals surface area contributed by atoms with Crippen molar-refractivity contribution in [2.75, 3.05) is 49.5 Å². The highest BCUT2D eigenvalue weighted by Crippen LogP contribution is 2.27. The molecular formula is C25H33N5O4S2. The minimum Gasteiger partial charge on any atom is -0.497 e. The maximum atomic E-state index is 13.3. The van der Waals surface area contributed by atoms with Gasteiger partial charge in [0, 0.05) is 59.4 Å². The average Bonchev–Trinajstić information content (AvgIpc) is 3.54. The summed E-state index contributed by atoms with van der Waals surface area (Å²) < 4.78 is 33.0. The van der Waals surface area contributed by atoms with Crippen molar-refractivity contribution in [2.45, 2.75) is 23.9 Å². The number of carbonyl (C=O) groups is 1. The highest BCUT2D eigenvalue weighted by Gasteiger charge is 2.37. The lowest BCUT2D eigenvalue weighted by Crippen LogP contribution is -2.52. The number of nitrogens with zero attached hydrogens (tertiary/aromatic N) is 4. The third-order valence-corrected chi connectivity index (χ3v) is 8.85. The number of rotatable bonds is 8. The van der Waals surface area contributed by atoms with E-state index in [1.807, 2.05) is 12.1 Å². The first-order valence-electron chi connectivity index (χ1n) is 11.9. The van der Waals surface area contributed by atoms with E-state index in [-0.39, 0.29) is 19.7 Å². The minimum absolute atomic E-state index is 0. The summed E-state index contributed by atoms with van der Waals surface area (Å²) in [6.07, 6.45) is 2.31. The van der Waals surface area contributed by atoms with Crippen LogP contribution >= 0.6 is 11.3 Å². The highest BCUT2D eigenvalue weighted by molar-refractivity contribution is 7.93. The van der Waals surface area contributed by atoms with Gasteiger partial charge in [0.1, 0.15) is 5.75 Å². The molecule has 0 bridgehead atoms. The molecule has 3 aromatic rings. The quantitative estimate of drug-likeness (QED) is 0.476. The fourth-order valence-corrected chi connectivity index (χ4v) is 6.56. The summed E-state index contributed by atoms with van der Waals surface area (Å²) in [6, 6.07) is 14.5. The van der Waals surface area contributed by atoms with Gasteiger partial charge in [0.25, 0.3) is 10.0 Å². The van der Waals surface area contributed by atoms with Gasteiger partial charge >= 0.3 is 0 Å². The van der Waals surface area contributed by atoms with Crippen molar-refractivity contribution in [1.82, 2.24) is 14.8 Å². The number of carbonyl (C=O) groups excluding carboxylic acids is 1. The highest BCUT2D eigenvalue weighted by atomic mass is 32.2. The Morgan fingerprint density at radius 2 is 1.89 bits per heavy atom. The van der Waals surface area contributed by atoms with Crippen LogP contribution in [0.15, 0.2) is 65.0 Å². The van der Waals surface area contributed by atoms with Gasteiger partial charge in [-0.25, -0.2) is 13.4 Å². The second kappa shape index (κ2) is 10.6. The molecule has 194 valence electrons. The number of amides is 1. The van der Waals surface area contributed by atoms with Gasteiger partial charge in [-0.05, 0) is 48.4 Å². The number of piperazine rings is 1. The second-order valence-corrected chi connectivity index (χ2v) is 11.5. The molecule has 1 atom stereocenters. The molecule has 0 spiro atoms. The summed E-state index contributed by atoms with van der Waals surface area (Å²) >= 11 is 1.22. The Balaban J connectivity index is 0.00000200. The van der Waals surface area contributed by atoms with Crippen molar-refractivity contribution in [3.05, 3.63) is 65.7 Å². The van der Waals surface area contributed by atoms with Crippen LogP contribution in [-0.2, 0) is 21.4 Å². The number of thiazole rings is 1. The molecule has 2 aliphatic heterocycles. The van der Waals surface area contributed by atoms with Crippen molar-refractivity contribution in [3.8, 4) is 5.75 Å². The maximum absolute atomic E-state index is 13.3. The van der Waals surface area contributed by atoms with Crippen LogP contribution in [0.5, 0.6) is 5.75 Å². The van der Waals surface area contributed by atoms with E-state index >= 15 is 0 Å². The number of aromatic nitrogens is 1. The lowest BCUT2D eigenvalue weighted by Gasteiger charge is -2.37. The fraction of sp³-hybridized carbons (Fsp3) is 0.360. The molecule has 0 aliphatic carbocycles. The minimum atomic E-state index is -3.72. The summed E-state index contributed by atoms with van der Waals surface area (Å²) in [6.45, 7) is 4.97. The molecule has 1 N–H and O–H groups in total. The number of benzene rings is 2. The van der Waals surface area contributed by atoms with Gasteiger partial charge in [-0.2, -0.15) is 0 Å². The van der Waals surface area contributed by atoms with E-state index in [4.69, 9.17) is 4.74 Å². The fourth-order valence-electron chi connectivity index (χ4n) is 4.78. The first kappa shape index (κ1) is 24.7. The number of nitrogens with one attached hydrogen (secondary N) is 1. The number of anilines is 2. The SMILES string of the molecule is COc1cccc(CN2CCN([C@H]3CCN(c4ccc(S(=O)(=O)Nc5nccs5)cc4)C3=O)CC2)c1.[HH].[HH]. The Morgan fingerprint density at radius 3 is 2.58 bits per heavy atom. The third-order valence-electron chi connectivity index (χ3n) is 6.68. The van der Waals surface area contributed by atoms with Gasteiger partial charge in [0.2, 0.25) is 5.91 Å². The molecule has 0 unspecified atom stereocenters. The van der Waals surface area contributed by atoms with Crippen molar-refractivity contribution in [3.63, 3.8) is 0 Å². The van der Waals surface area contributed by atoms with E-state index in [2.05, 4.69) is 31.6 Å². The van der Waals surface area contributed by atoms with Gasteiger partial charge < -0.3 is 9.64 Å². The summed E-state index contributed by atoms with van der Waals surface area (Å²) in [5.74, 6) is 0.942. The molecule has 0 saturated carbocycles. The van der Waals surface area contributed by atoms with E-state index in [9.17, 15) is 13.2 Å². The molecule has 9 nitrogen and oxygen atoms in total. The summed E-state index contributed by atoms with van der Waals surface area (Å²) in [5.41, 5.74) is 1.94. The summed E-state index contributed by atoms with van der Waals surface area (Å²) in [5, 5.41) is 2.02. The first-order valence-corrected chi connectivity index (χ1v) is 14.2. The van der Waals surface area contributed by atoms with Crippen molar-refractivity contribution < 1.29 is 20.8 Å². The molecule has 2 fully saturated rings. The van der Waals surface area contributed by atoms with Gasteiger partial charge in [-0.3, -0.25) is 19.3 Å². The van der Waals surface area contributed by atoms with Gasteiger partial charge in [0.15, 0.2) is 5.13 Å². The number of ether oxygens (including phenoxy) is 1. The predicted octanol–water partition coefficient (Wildman–Crippen LogP) is 3.37. The normalized spacial score (nSPS) is 19.5. The van der Waals surface area contributed by atoms with E-state index in [0.29, 0.717) is 17.4 Å². The van der Waals surface area contributed by atoms with Crippen molar-refractivity contribution >= 4 is 38.1 Å². The van der Waals surface area contributed by atoms with Crippen LogP contribution in [0.25, 0.3) is 0 Å². The number of hydrogen-bond acceptors (Lipinski definition) is 8. The zero-order valence-corrected chi connectivity index (χ0v) is 21.7. The molecule has 36 heavy (non-hydrogen) atoms. The maximum Gasteiger partial charge on any atom is 0.263 e. The molecule has 0 radical (unpaired) electrons. The molecule has 2 aromatic carbocycles. The topological polar surface area (TPSA) is 95.1 Å². The van der Waals surface area contributed by atoms with Crippen molar-refractivity contribution in [1.29, 1.82) is 0 Å². The molecule has 2 saturated heterocycles. The van der Waals surface area contributed by atoms with Gasteiger partial charge in [0.05, 0.1) is 18.0 Å². The predicted molar refractivity (Wildman–Crippen MR) is 144 cm³/mol. The third kappa shape index (κ3) is 5.39. The van der Waals surface area contributed by atoms with Crippen LogP contribution in [0.4, 0.5) is 10.8 Å². The molecule has 2 aliphatic rings. The lowest BCUT2D eigenvalue weighted by atomic mass is 10.1. The standard InChI is InChI=1S/C25H29N5O4S2.2H2/c1-34-21-4-2-3-19(17-21)18-28-12-14-29(15-13-28)23-9-11-30(24(23)31)20-5-7-22(8-6-20)36(32,33)27-25-26-10-16-35-25;;/h2-8,10,16-17,23H,9,11-15,18H2,1H3,(H,26,27);2*1H/t23-;;/m0../s1. The van der Waals surface area contributed by atoms with Crippen LogP contribution in [0.3, 0.4) is 0 Å². The summed E-state index contributed by atoms with van der Waals surface area (Å²) in [4.78, 5) is 23.8. The molecule has 1 aromatic heterocycles. The van der Waals surface area contributed by atoms with E-state index < -0.39 is 10.0 Å². The van der Waals surface area contributed by atoms with Crippen LogP contribution < -0.4 is 14.4 Å². The van der Waals surface area contributed by atoms with Crippen LogP contribution in [0.2, 0.25) is 0 Å². The number of hydrogen-bond donors (Lipinski definition) is 1. The number of methoxy groups -OCH3 is 1. The molecule has 11 heteroatoms. The zero-order chi connectivity index (χ0) is 25.1. The van der Waals surface area contributed by atoms with E-state index in [1.54, 1.807) is 35.7 Å². The molecular weight excluding hydrogens is 498 g/mol. The Labute approximate surface area is 218 Å². The second-order valence-electron chi connectivity index (χ2n) is 8.89. The molecule has 3 heterocycles. The van der Waals surface area contributed by atoms with Crippen LogP contribution in [0, 0.1) is 0 Å². The zero-order valence-electron chi connectivity index (χ0n) is 20.0. The Kier molecular flexibility index (Phi) is 7.24. The van der Waals surface area contributed by atoms with Crippen LogP contribution in [0.1, 0.15) is 14.8 Å². The largest absolute Gasteiger partial charge is 0.497 e. The summed E-state index contributed by atoms with van der Waals surface area (Å²) in [7, 11) is -2.04. The van der Waals surface area contributed by atoms with Gasteiger partial charge in [-0.15, -0.1) is 11.3 Å². The average molecular weight is 532 g/mol. The number of sulfonamides is 1.